The molecule has 0 fully saturated rings. The minimum atomic E-state index is -0.934. The third-order valence-electron chi connectivity index (χ3n) is 3.51. The molecule has 0 amide bonds. The molecule has 0 spiro atoms. The second kappa shape index (κ2) is 6.22. The normalized spacial score (nSPS) is 10.5. The molecule has 0 aromatic heterocycles. The standard InChI is InChI=1S/C17H18O3S/c1-10-5-4-6-13(17(18)19)14(10)9-20-15-7-12(3)16(21)8-11(15)2/h4-8,21H,9H2,1-3H3,(H,18,19). The van der Waals surface area contributed by atoms with E-state index in [1.54, 1.807) is 12.1 Å². The van der Waals surface area contributed by atoms with Crippen LogP contribution in [0.25, 0.3) is 0 Å². The van der Waals surface area contributed by atoms with Crippen molar-refractivity contribution >= 4 is 18.6 Å². The molecule has 0 aliphatic carbocycles. The predicted octanol–water partition coefficient (Wildman–Crippen LogP) is 4.18. The lowest BCUT2D eigenvalue weighted by molar-refractivity contribution is 0.0693. The van der Waals surface area contributed by atoms with E-state index in [0.717, 1.165) is 27.3 Å². The summed E-state index contributed by atoms with van der Waals surface area (Å²) in [5.74, 6) is -0.180. The first-order valence-electron chi connectivity index (χ1n) is 6.65. The number of aromatic carboxylic acids is 1. The maximum absolute atomic E-state index is 11.3. The fourth-order valence-electron chi connectivity index (χ4n) is 2.17. The highest BCUT2D eigenvalue weighted by atomic mass is 32.1. The lowest BCUT2D eigenvalue weighted by Crippen LogP contribution is -2.08. The van der Waals surface area contributed by atoms with Crippen LogP contribution in [0.3, 0.4) is 0 Å². The second-order valence-corrected chi connectivity index (χ2v) is 5.58. The Hall–Kier alpha value is -1.94. The van der Waals surface area contributed by atoms with Gasteiger partial charge in [-0.25, -0.2) is 4.79 Å². The monoisotopic (exact) mass is 302 g/mol. The van der Waals surface area contributed by atoms with Gasteiger partial charge in [-0.15, -0.1) is 12.6 Å². The number of carbonyl (C=O) groups is 1. The molecule has 2 aromatic rings. The molecule has 21 heavy (non-hydrogen) atoms. The molecular formula is C17H18O3S. The molecule has 0 aliphatic heterocycles. The van der Waals surface area contributed by atoms with Crippen molar-refractivity contribution in [1.29, 1.82) is 0 Å². The molecule has 2 rings (SSSR count). The fraction of sp³-hybridized carbons (Fsp3) is 0.235. The minimum absolute atomic E-state index is 0.237. The Bertz CT molecular complexity index is 693. The van der Waals surface area contributed by atoms with Crippen LogP contribution in [0.5, 0.6) is 5.75 Å². The number of carboxylic acids is 1. The van der Waals surface area contributed by atoms with Crippen molar-refractivity contribution in [2.24, 2.45) is 0 Å². The molecule has 2 aromatic carbocycles. The van der Waals surface area contributed by atoms with Crippen LogP contribution in [0, 0.1) is 20.8 Å². The van der Waals surface area contributed by atoms with Gasteiger partial charge in [0.25, 0.3) is 0 Å². The molecule has 0 unspecified atom stereocenters. The molecule has 0 atom stereocenters. The predicted molar refractivity (Wildman–Crippen MR) is 85.6 cm³/mol. The molecule has 0 saturated carbocycles. The number of aryl methyl sites for hydroxylation is 3. The smallest absolute Gasteiger partial charge is 0.336 e. The number of hydrogen-bond donors (Lipinski definition) is 2. The van der Waals surface area contributed by atoms with Crippen molar-refractivity contribution in [3.05, 3.63) is 58.1 Å². The second-order valence-electron chi connectivity index (χ2n) is 5.10. The minimum Gasteiger partial charge on any atom is -0.489 e. The van der Waals surface area contributed by atoms with Gasteiger partial charge in [0.1, 0.15) is 12.4 Å². The van der Waals surface area contributed by atoms with E-state index in [1.807, 2.05) is 39.0 Å². The number of benzene rings is 2. The molecule has 1 N–H and O–H groups in total. The van der Waals surface area contributed by atoms with E-state index in [1.165, 1.54) is 0 Å². The van der Waals surface area contributed by atoms with Gasteiger partial charge in [-0.1, -0.05) is 12.1 Å². The van der Waals surface area contributed by atoms with Crippen molar-refractivity contribution < 1.29 is 14.6 Å². The summed E-state index contributed by atoms with van der Waals surface area (Å²) < 4.78 is 5.83. The maximum atomic E-state index is 11.3. The van der Waals surface area contributed by atoms with E-state index in [2.05, 4.69) is 12.6 Å². The van der Waals surface area contributed by atoms with E-state index in [0.29, 0.717) is 5.56 Å². The number of rotatable bonds is 4. The Morgan fingerprint density at radius 3 is 2.52 bits per heavy atom. The van der Waals surface area contributed by atoms with Crippen LogP contribution in [0.1, 0.15) is 32.6 Å². The number of hydrogen-bond acceptors (Lipinski definition) is 3. The Morgan fingerprint density at radius 1 is 1.14 bits per heavy atom. The van der Waals surface area contributed by atoms with Crippen molar-refractivity contribution in [2.75, 3.05) is 0 Å². The molecular weight excluding hydrogens is 284 g/mol. The Morgan fingerprint density at radius 2 is 1.86 bits per heavy atom. The van der Waals surface area contributed by atoms with Crippen molar-refractivity contribution in [3.8, 4) is 5.75 Å². The molecule has 4 heteroatoms. The summed E-state index contributed by atoms with van der Waals surface area (Å²) in [6.45, 7) is 6.04. The Balaban J connectivity index is 2.29. The maximum Gasteiger partial charge on any atom is 0.336 e. The highest BCUT2D eigenvalue weighted by Crippen LogP contribution is 2.26. The zero-order valence-corrected chi connectivity index (χ0v) is 13.2. The average molecular weight is 302 g/mol. The number of ether oxygens (including phenoxy) is 1. The van der Waals surface area contributed by atoms with Crippen LogP contribution in [-0.4, -0.2) is 11.1 Å². The van der Waals surface area contributed by atoms with Gasteiger partial charge in [0.2, 0.25) is 0 Å². The van der Waals surface area contributed by atoms with Crippen LogP contribution in [-0.2, 0) is 6.61 Å². The largest absolute Gasteiger partial charge is 0.489 e. The van der Waals surface area contributed by atoms with E-state index in [9.17, 15) is 9.90 Å². The zero-order valence-electron chi connectivity index (χ0n) is 12.3. The summed E-state index contributed by atoms with van der Waals surface area (Å²) in [5, 5.41) is 9.26. The highest BCUT2D eigenvalue weighted by Gasteiger charge is 2.13. The molecule has 110 valence electrons. The summed E-state index contributed by atoms with van der Waals surface area (Å²) >= 11 is 4.38. The van der Waals surface area contributed by atoms with E-state index in [4.69, 9.17) is 4.74 Å². The van der Waals surface area contributed by atoms with Gasteiger partial charge < -0.3 is 9.84 Å². The average Bonchev–Trinajstić information content (AvgIpc) is 2.42. The van der Waals surface area contributed by atoms with Crippen LogP contribution in [0.2, 0.25) is 0 Å². The first kappa shape index (κ1) is 15.4. The fourth-order valence-corrected chi connectivity index (χ4v) is 2.43. The van der Waals surface area contributed by atoms with Gasteiger partial charge in [-0.2, -0.15) is 0 Å². The van der Waals surface area contributed by atoms with E-state index >= 15 is 0 Å². The number of carboxylic acid groups (broad SMARTS) is 1. The van der Waals surface area contributed by atoms with E-state index in [-0.39, 0.29) is 12.2 Å². The summed E-state index contributed by atoms with van der Waals surface area (Å²) in [6.07, 6.45) is 0. The van der Waals surface area contributed by atoms with Crippen molar-refractivity contribution in [1.82, 2.24) is 0 Å². The molecule has 0 bridgehead atoms. The zero-order chi connectivity index (χ0) is 15.6. The van der Waals surface area contributed by atoms with Crippen LogP contribution >= 0.6 is 12.6 Å². The SMILES string of the molecule is Cc1cc(OCc2c(C)cccc2C(=O)O)c(C)cc1S. The summed E-state index contributed by atoms with van der Waals surface area (Å²) in [5.41, 5.74) is 3.92. The van der Waals surface area contributed by atoms with Crippen LogP contribution < -0.4 is 4.74 Å². The molecule has 3 nitrogen and oxygen atoms in total. The van der Waals surface area contributed by atoms with Crippen LogP contribution in [0.15, 0.2) is 35.2 Å². The summed E-state index contributed by atoms with van der Waals surface area (Å²) in [6, 6.07) is 9.11. The van der Waals surface area contributed by atoms with Crippen LogP contribution in [0.4, 0.5) is 0 Å². The first-order valence-corrected chi connectivity index (χ1v) is 7.09. The summed E-state index contributed by atoms with van der Waals surface area (Å²) in [7, 11) is 0. The van der Waals surface area contributed by atoms with Gasteiger partial charge in [-0.3, -0.25) is 0 Å². The molecule has 0 heterocycles. The third kappa shape index (κ3) is 3.39. The first-order chi connectivity index (χ1) is 9.90. The van der Waals surface area contributed by atoms with Gasteiger partial charge >= 0.3 is 5.97 Å². The summed E-state index contributed by atoms with van der Waals surface area (Å²) in [4.78, 5) is 12.2. The molecule has 0 saturated heterocycles. The molecule has 0 aliphatic rings. The highest BCUT2D eigenvalue weighted by molar-refractivity contribution is 7.80. The lowest BCUT2D eigenvalue weighted by Gasteiger charge is -2.14. The number of thiol groups is 1. The van der Waals surface area contributed by atoms with Crippen molar-refractivity contribution in [3.63, 3.8) is 0 Å². The van der Waals surface area contributed by atoms with Gasteiger partial charge in [-0.05, 0) is 55.7 Å². The molecule has 0 radical (unpaired) electrons. The topological polar surface area (TPSA) is 46.5 Å². The van der Waals surface area contributed by atoms with Crippen molar-refractivity contribution in [2.45, 2.75) is 32.3 Å². The van der Waals surface area contributed by atoms with Gasteiger partial charge in [0.15, 0.2) is 0 Å². The van der Waals surface area contributed by atoms with Gasteiger partial charge in [0.05, 0.1) is 5.56 Å². The third-order valence-corrected chi connectivity index (χ3v) is 3.99. The lowest BCUT2D eigenvalue weighted by atomic mass is 10.0. The Kier molecular flexibility index (Phi) is 4.58. The quantitative estimate of drug-likeness (QED) is 0.833. The Labute approximate surface area is 130 Å². The van der Waals surface area contributed by atoms with Gasteiger partial charge in [0, 0.05) is 10.5 Å². The van der Waals surface area contributed by atoms with E-state index < -0.39 is 5.97 Å².